The predicted octanol–water partition coefficient (Wildman–Crippen LogP) is 2.92. The van der Waals surface area contributed by atoms with Gasteiger partial charge in [-0.2, -0.15) is 0 Å². The molecule has 1 aliphatic rings. The molecule has 1 fully saturated rings. The minimum atomic E-state index is -0.311. The Hall–Kier alpha value is -1.92. The second-order valence-electron chi connectivity index (χ2n) is 6.50. The molecule has 0 amide bonds. The van der Waals surface area contributed by atoms with E-state index in [-0.39, 0.29) is 36.6 Å². The van der Waals surface area contributed by atoms with E-state index >= 15 is 0 Å². The average Bonchev–Trinajstić information content (AvgIpc) is 2.64. The molecule has 0 aliphatic carbocycles. The van der Waals surface area contributed by atoms with Gasteiger partial charge in [-0.3, -0.25) is 4.79 Å². The van der Waals surface area contributed by atoms with E-state index in [0.717, 1.165) is 17.6 Å². The van der Waals surface area contributed by atoms with E-state index in [1.54, 1.807) is 14.0 Å². The molecule has 1 aromatic rings. The summed E-state index contributed by atoms with van der Waals surface area (Å²) in [6.07, 6.45) is 1.33. The van der Waals surface area contributed by atoms with Crippen molar-refractivity contribution in [1.82, 2.24) is 0 Å². The minimum absolute atomic E-state index is 0.0283. The number of hydrogen-bond acceptors (Lipinski definition) is 6. The Morgan fingerprint density at radius 2 is 2.04 bits per heavy atom. The molecule has 144 valence electrons. The van der Waals surface area contributed by atoms with Crippen LogP contribution in [0.3, 0.4) is 0 Å². The van der Waals surface area contributed by atoms with Crippen LogP contribution in [0.1, 0.15) is 38.7 Å². The fourth-order valence-corrected chi connectivity index (χ4v) is 3.16. The number of methoxy groups -OCH3 is 1. The molecule has 2 rings (SSSR count). The molecule has 6 heteroatoms. The fourth-order valence-electron chi connectivity index (χ4n) is 3.16. The first-order valence-corrected chi connectivity index (χ1v) is 9.06. The molecule has 0 bridgehead atoms. The third kappa shape index (κ3) is 5.81. The van der Waals surface area contributed by atoms with Crippen LogP contribution in [0.25, 0.3) is 0 Å². The standard InChI is InChI=1S/C20H28O6/c1-4-24-20(22)12-19-14(2)18(11-17(26-19)9-10-21)25-13-15-5-7-16(23-3)8-6-15/h5-8,10,14,17-19H,4,9,11-13H2,1-3H3/t14-,17-,18+,19+/m1/s1. The van der Waals surface area contributed by atoms with Crippen LogP contribution in [0.15, 0.2) is 24.3 Å². The summed E-state index contributed by atoms with van der Waals surface area (Å²) in [6, 6.07) is 7.71. The van der Waals surface area contributed by atoms with E-state index in [1.807, 2.05) is 31.2 Å². The van der Waals surface area contributed by atoms with Gasteiger partial charge in [-0.25, -0.2) is 0 Å². The van der Waals surface area contributed by atoms with Crippen LogP contribution in [0, 0.1) is 5.92 Å². The number of carbonyl (C=O) groups is 2. The molecule has 4 atom stereocenters. The van der Waals surface area contributed by atoms with Gasteiger partial charge < -0.3 is 23.7 Å². The molecule has 0 aromatic heterocycles. The summed E-state index contributed by atoms with van der Waals surface area (Å²) < 4.78 is 22.2. The minimum Gasteiger partial charge on any atom is -0.497 e. The molecule has 26 heavy (non-hydrogen) atoms. The SMILES string of the molecule is CCOC(=O)C[C@@H]1O[C@H](CC=O)C[C@H](OCc2ccc(OC)cc2)[C@H]1C. The summed E-state index contributed by atoms with van der Waals surface area (Å²) in [5, 5.41) is 0. The molecule has 1 saturated heterocycles. The highest BCUT2D eigenvalue weighted by molar-refractivity contribution is 5.70. The zero-order chi connectivity index (χ0) is 18.9. The zero-order valence-electron chi connectivity index (χ0n) is 15.7. The van der Waals surface area contributed by atoms with Crippen LogP contribution < -0.4 is 4.74 Å². The third-order valence-electron chi connectivity index (χ3n) is 4.69. The van der Waals surface area contributed by atoms with E-state index < -0.39 is 0 Å². The molecular weight excluding hydrogens is 336 g/mol. The summed E-state index contributed by atoms with van der Waals surface area (Å²) in [7, 11) is 1.63. The van der Waals surface area contributed by atoms with Gasteiger partial charge in [0.2, 0.25) is 0 Å². The molecule has 0 radical (unpaired) electrons. The number of esters is 1. The maximum absolute atomic E-state index is 11.8. The summed E-state index contributed by atoms with van der Waals surface area (Å²) in [4.78, 5) is 22.8. The van der Waals surface area contributed by atoms with E-state index in [1.165, 1.54) is 0 Å². The van der Waals surface area contributed by atoms with Crippen molar-refractivity contribution in [3.63, 3.8) is 0 Å². The van der Waals surface area contributed by atoms with Crippen LogP contribution in [-0.4, -0.2) is 44.3 Å². The summed E-state index contributed by atoms with van der Waals surface area (Å²) in [5.74, 6) is 0.541. The lowest BCUT2D eigenvalue weighted by Gasteiger charge is -2.39. The van der Waals surface area contributed by atoms with E-state index in [4.69, 9.17) is 18.9 Å². The number of carbonyl (C=O) groups excluding carboxylic acids is 2. The molecular formula is C20H28O6. The highest BCUT2D eigenvalue weighted by Crippen LogP contribution is 2.31. The van der Waals surface area contributed by atoms with Crippen molar-refractivity contribution >= 4 is 12.3 Å². The lowest BCUT2D eigenvalue weighted by atomic mass is 9.87. The van der Waals surface area contributed by atoms with E-state index in [2.05, 4.69) is 0 Å². The number of hydrogen-bond donors (Lipinski definition) is 0. The topological polar surface area (TPSA) is 71.1 Å². The Bertz CT molecular complexity index is 570. The summed E-state index contributed by atoms with van der Waals surface area (Å²) >= 11 is 0. The van der Waals surface area contributed by atoms with Crippen molar-refractivity contribution in [2.45, 2.75) is 58.0 Å². The molecule has 0 N–H and O–H groups in total. The van der Waals surface area contributed by atoms with Gasteiger partial charge in [-0.15, -0.1) is 0 Å². The largest absolute Gasteiger partial charge is 0.497 e. The fraction of sp³-hybridized carbons (Fsp3) is 0.600. The van der Waals surface area contributed by atoms with Gasteiger partial charge in [0.15, 0.2) is 0 Å². The monoisotopic (exact) mass is 364 g/mol. The number of ether oxygens (including phenoxy) is 4. The van der Waals surface area contributed by atoms with Crippen molar-refractivity contribution in [1.29, 1.82) is 0 Å². The third-order valence-corrected chi connectivity index (χ3v) is 4.69. The number of aldehydes is 1. The lowest BCUT2D eigenvalue weighted by molar-refractivity contribution is -0.170. The first kappa shape index (κ1) is 20.4. The van der Waals surface area contributed by atoms with Gasteiger partial charge in [0.1, 0.15) is 12.0 Å². The first-order valence-electron chi connectivity index (χ1n) is 9.06. The van der Waals surface area contributed by atoms with Gasteiger partial charge in [-0.1, -0.05) is 19.1 Å². The number of benzene rings is 1. The smallest absolute Gasteiger partial charge is 0.308 e. The van der Waals surface area contributed by atoms with Crippen LogP contribution in [0.2, 0.25) is 0 Å². The highest BCUT2D eigenvalue weighted by Gasteiger charge is 2.37. The van der Waals surface area contributed by atoms with Gasteiger partial charge in [0.05, 0.1) is 45.1 Å². The summed E-state index contributed by atoms with van der Waals surface area (Å²) in [6.45, 7) is 4.59. The molecule has 0 saturated carbocycles. The average molecular weight is 364 g/mol. The summed E-state index contributed by atoms with van der Waals surface area (Å²) in [5.41, 5.74) is 1.04. The number of rotatable bonds is 9. The molecule has 0 spiro atoms. The molecule has 1 heterocycles. The maximum atomic E-state index is 11.8. The molecule has 0 unspecified atom stereocenters. The maximum Gasteiger partial charge on any atom is 0.308 e. The van der Waals surface area contributed by atoms with Crippen LogP contribution >= 0.6 is 0 Å². The second kappa shape index (κ2) is 10.3. The van der Waals surface area contributed by atoms with Crippen LogP contribution in [-0.2, 0) is 30.4 Å². The van der Waals surface area contributed by atoms with E-state index in [0.29, 0.717) is 26.1 Å². The van der Waals surface area contributed by atoms with Gasteiger partial charge in [-0.05, 0) is 24.6 Å². The predicted molar refractivity (Wildman–Crippen MR) is 95.9 cm³/mol. The van der Waals surface area contributed by atoms with Gasteiger partial charge >= 0.3 is 5.97 Å². The Balaban J connectivity index is 1.98. The Morgan fingerprint density at radius 3 is 2.65 bits per heavy atom. The van der Waals surface area contributed by atoms with Crippen molar-refractivity contribution in [3.05, 3.63) is 29.8 Å². The lowest BCUT2D eigenvalue weighted by Crippen LogP contribution is -2.45. The van der Waals surface area contributed by atoms with E-state index in [9.17, 15) is 9.59 Å². The van der Waals surface area contributed by atoms with Gasteiger partial charge in [0, 0.05) is 18.8 Å². The second-order valence-corrected chi connectivity index (χ2v) is 6.50. The quantitative estimate of drug-likeness (QED) is 0.496. The first-order chi connectivity index (χ1) is 12.6. The normalized spacial score (nSPS) is 25.5. The molecule has 6 nitrogen and oxygen atoms in total. The Labute approximate surface area is 154 Å². The van der Waals surface area contributed by atoms with Crippen LogP contribution in [0.5, 0.6) is 5.75 Å². The molecule has 1 aliphatic heterocycles. The highest BCUT2D eigenvalue weighted by atomic mass is 16.5. The van der Waals surface area contributed by atoms with Gasteiger partial charge in [0.25, 0.3) is 0 Å². The van der Waals surface area contributed by atoms with Crippen molar-refractivity contribution in [2.75, 3.05) is 13.7 Å². The Kier molecular flexibility index (Phi) is 8.06. The Morgan fingerprint density at radius 1 is 1.31 bits per heavy atom. The van der Waals surface area contributed by atoms with Crippen LogP contribution in [0.4, 0.5) is 0 Å². The van der Waals surface area contributed by atoms with Crippen molar-refractivity contribution < 1.29 is 28.5 Å². The zero-order valence-corrected chi connectivity index (χ0v) is 15.7. The molecule has 1 aromatic carbocycles. The van der Waals surface area contributed by atoms with Crippen molar-refractivity contribution in [2.24, 2.45) is 5.92 Å². The van der Waals surface area contributed by atoms with Crippen molar-refractivity contribution in [3.8, 4) is 5.75 Å².